The number of carbonyl (C=O) groups excluding carboxylic acids is 1. The first-order chi connectivity index (χ1) is 8.61. The van der Waals surface area contributed by atoms with Crippen molar-refractivity contribution in [1.82, 2.24) is 0 Å². The SMILES string of the molecule is O=C1OC(O)(c2ccc(O)cc2)c2ccccc21. The Hall–Kier alpha value is -2.33. The summed E-state index contributed by atoms with van der Waals surface area (Å²) in [6.07, 6.45) is 0. The first kappa shape index (κ1) is 10.8. The normalized spacial score (nSPS) is 21.5. The van der Waals surface area contributed by atoms with Gasteiger partial charge in [-0.15, -0.1) is 0 Å². The van der Waals surface area contributed by atoms with Crippen molar-refractivity contribution in [3.63, 3.8) is 0 Å². The van der Waals surface area contributed by atoms with Crippen LogP contribution in [0.2, 0.25) is 0 Å². The lowest BCUT2D eigenvalue weighted by molar-refractivity contribution is -0.129. The van der Waals surface area contributed by atoms with Crippen LogP contribution in [0, 0.1) is 0 Å². The van der Waals surface area contributed by atoms with Gasteiger partial charge in [-0.3, -0.25) is 0 Å². The molecule has 0 amide bonds. The van der Waals surface area contributed by atoms with Crippen LogP contribution < -0.4 is 0 Å². The minimum absolute atomic E-state index is 0.0833. The lowest BCUT2D eigenvalue weighted by atomic mass is 9.96. The van der Waals surface area contributed by atoms with E-state index < -0.39 is 11.8 Å². The molecule has 1 aliphatic heterocycles. The molecular weight excluding hydrogens is 232 g/mol. The van der Waals surface area contributed by atoms with Gasteiger partial charge in [0.15, 0.2) is 0 Å². The highest BCUT2D eigenvalue weighted by Crippen LogP contribution is 2.39. The minimum Gasteiger partial charge on any atom is -0.508 e. The zero-order chi connectivity index (χ0) is 12.8. The number of aromatic hydroxyl groups is 1. The van der Waals surface area contributed by atoms with Crippen LogP contribution in [0.1, 0.15) is 21.5 Å². The van der Waals surface area contributed by atoms with E-state index in [1.54, 1.807) is 24.3 Å². The third-order valence-electron chi connectivity index (χ3n) is 3.01. The highest BCUT2D eigenvalue weighted by molar-refractivity contribution is 5.95. The van der Waals surface area contributed by atoms with Gasteiger partial charge in [0.05, 0.1) is 5.56 Å². The van der Waals surface area contributed by atoms with E-state index in [1.807, 2.05) is 0 Å². The molecule has 90 valence electrons. The van der Waals surface area contributed by atoms with E-state index in [4.69, 9.17) is 4.74 Å². The number of aliphatic hydroxyl groups is 1. The maximum absolute atomic E-state index is 11.7. The predicted molar refractivity (Wildman–Crippen MR) is 63.0 cm³/mol. The second kappa shape index (κ2) is 3.58. The van der Waals surface area contributed by atoms with Crippen molar-refractivity contribution in [3.05, 3.63) is 65.2 Å². The fraction of sp³-hybridized carbons (Fsp3) is 0.0714. The molecule has 2 aromatic rings. The Morgan fingerprint density at radius 1 is 1.00 bits per heavy atom. The minimum atomic E-state index is -1.78. The van der Waals surface area contributed by atoms with E-state index in [2.05, 4.69) is 0 Å². The van der Waals surface area contributed by atoms with Crippen LogP contribution in [0.3, 0.4) is 0 Å². The van der Waals surface area contributed by atoms with Crippen molar-refractivity contribution in [3.8, 4) is 5.75 Å². The molecule has 18 heavy (non-hydrogen) atoms. The Morgan fingerprint density at radius 2 is 1.67 bits per heavy atom. The van der Waals surface area contributed by atoms with Crippen LogP contribution in [0.4, 0.5) is 0 Å². The van der Waals surface area contributed by atoms with Crippen LogP contribution >= 0.6 is 0 Å². The van der Waals surface area contributed by atoms with Crippen LogP contribution in [0.5, 0.6) is 5.75 Å². The Bertz CT molecular complexity index is 618. The molecule has 0 saturated heterocycles. The number of phenols is 1. The zero-order valence-corrected chi connectivity index (χ0v) is 9.33. The molecule has 0 spiro atoms. The molecule has 4 heteroatoms. The van der Waals surface area contributed by atoms with E-state index in [0.717, 1.165) is 0 Å². The van der Waals surface area contributed by atoms with Gasteiger partial charge in [0.1, 0.15) is 5.75 Å². The van der Waals surface area contributed by atoms with Gasteiger partial charge in [-0.2, -0.15) is 0 Å². The van der Waals surface area contributed by atoms with Crippen LogP contribution in [0.15, 0.2) is 48.5 Å². The van der Waals surface area contributed by atoms with Crippen LogP contribution in [0.25, 0.3) is 0 Å². The summed E-state index contributed by atoms with van der Waals surface area (Å²) in [5, 5.41) is 19.8. The Kier molecular flexibility index (Phi) is 2.15. The monoisotopic (exact) mass is 242 g/mol. The topological polar surface area (TPSA) is 66.8 Å². The molecule has 0 aromatic heterocycles. The highest BCUT2D eigenvalue weighted by Gasteiger charge is 2.45. The summed E-state index contributed by atoms with van der Waals surface area (Å²) in [6, 6.07) is 12.6. The molecule has 0 saturated carbocycles. The van der Waals surface area contributed by atoms with Crippen LogP contribution in [-0.2, 0) is 10.5 Å². The van der Waals surface area contributed by atoms with Gasteiger partial charge in [0.25, 0.3) is 5.79 Å². The number of benzene rings is 2. The van der Waals surface area contributed by atoms with Crippen molar-refractivity contribution in [2.75, 3.05) is 0 Å². The summed E-state index contributed by atoms with van der Waals surface area (Å²) in [5.41, 5.74) is 1.17. The van der Waals surface area contributed by atoms with E-state index in [9.17, 15) is 15.0 Å². The Labute approximate surface area is 103 Å². The summed E-state index contributed by atoms with van der Waals surface area (Å²) in [4.78, 5) is 11.7. The molecule has 1 atom stereocenters. The largest absolute Gasteiger partial charge is 0.508 e. The number of carbonyl (C=O) groups is 1. The molecule has 4 nitrogen and oxygen atoms in total. The van der Waals surface area contributed by atoms with Crippen molar-refractivity contribution >= 4 is 5.97 Å². The van der Waals surface area contributed by atoms with Gasteiger partial charge >= 0.3 is 5.97 Å². The van der Waals surface area contributed by atoms with E-state index in [0.29, 0.717) is 16.7 Å². The number of esters is 1. The van der Waals surface area contributed by atoms with Crippen molar-refractivity contribution < 1.29 is 19.7 Å². The summed E-state index contributed by atoms with van der Waals surface area (Å²) >= 11 is 0. The zero-order valence-electron chi connectivity index (χ0n) is 9.33. The number of cyclic esters (lactones) is 1. The Balaban J connectivity index is 2.17. The molecule has 1 unspecified atom stereocenters. The number of hydrogen-bond donors (Lipinski definition) is 2. The fourth-order valence-electron chi connectivity index (χ4n) is 2.10. The molecular formula is C14H10O4. The molecule has 0 aliphatic carbocycles. The molecule has 1 aliphatic rings. The smallest absolute Gasteiger partial charge is 0.341 e. The number of rotatable bonds is 1. The van der Waals surface area contributed by atoms with E-state index in [1.165, 1.54) is 24.3 Å². The predicted octanol–water partition coefficient (Wildman–Crippen LogP) is 1.76. The molecule has 2 aromatic carbocycles. The second-order valence-electron chi connectivity index (χ2n) is 4.13. The molecule has 0 bridgehead atoms. The Morgan fingerprint density at radius 3 is 2.39 bits per heavy atom. The number of hydrogen-bond acceptors (Lipinski definition) is 4. The number of phenolic OH excluding ortho intramolecular Hbond substituents is 1. The summed E-state index contributed by atoms with van der Waals surface area (Å²) < 4.78 is 5.08. The second-order valence-corrected chi connectivity index (χ2v) is 4.13. The summed E-state index contributed by atoms with van der Waals surface area (Å²) in [5.74, 6) is -2.25. The third-order valence-corrected chi connectivity index (χ3v) is 3.01. The molecule has 1 heterocycles. The molecule has 0 fully saturated rings. The third kappa shape index (κ3) is 1.39. The summed E-state index contributed by atoms with van der Waals surface area (Å²) in [6.45, 7) is 0. The average Bonchev–Trinajstić information content (AvgIpc) is 2.64. The quantitative estimate of drug-likeness (QED) is 0.748. The first-order valence-electron chi connectivity index (χ1n) is 5.46. The van der Waals surface area contributed by atoms with Gasteiger partial charge in [-0.1, -0.05) is 18.2 Å². The summed E-state index contributed by atoms with van der Waals surface area (Å²) in [7, 11) is 0. The van der Waals surface area contributed by atoms with Gasteiger partial charge in [-0.25, -0.2) is 4.79 Å². The van der Waals surface area contributed by atoms with Gasteiger partial charge < -0.3 is 14.9 Å². The van der Waals surface area contributed by atoms with E-state index in [-0.39, 0.29) is 5.75 Å². The molecule has 2 N–H and O–H groups in total. The van der Waals surface area contributed by atoms with Crippen LogP contribution in [-0.4, -0.2) is 16.2 Å². The van der Waals surface area contributed by atoms with Crippen molar-refractivity contribution in [2.24, 2.45) is 0 Å². The van der Waals surface area contributed by atoms with Gasteiger partial charge in [0.2, 0.25) is 0 Å². The van der Waals surface area contributed by atoms with Gasteiger partial charge in [-0.05, 0) is 30.3 Å². The number of fused-ring (bicyclic) bond motifs is 1. The van der Waals surface area contributed by atoms with Crippen molar-refractivity contribution in [2.45, 2.75) is 5.79 Å². The standard InChI is InChI=1S/C14H10O4/c15-10-7-5-9(6-8-10)14(17)12-4-2-1-3-11(12)13(16)18-14/h1-8,15,17H. The maximum Gasteiger partial charge on any atom is 0.341 e. The first-order valence-corrected chi connectivity index (χ1v) is 5.46. The maximum atomic E-state index is 11.7. The van der Waals surface area contributed by atoms with Gasteiger partial charge in [0, 0.05) is 11.1 Å². The fourth-order valence-corrected chi connectivity index (χ4v) is 2.10. The molecule has 3 rings (SSSR count). The highest BCUT2D eigenvalue weighted by atomic mass is 16.7. The lowest BCUT2D eigenvalue weighted by Gasteiger charge is -2.22. The number of ether oxygens (including phenoxy) is 1. The lowest BCUT2D eigenvalue weighted by Crippen LogP contribution is -2.26. The van der Waals surface area contributed by atoms with Crippen molar-refractivity contribution in [1.29, 1.82) is 0 Å². The van der Waals surface area contributed by atoms with E-state index >= 15 is 0 Å². The molecule has 0 radical (unpaired) electrons. The average molecular weight is 242 g/mol.